The average molecular weight is 267 g/mol. The van der Waals surface area contributed by atoms with E-state index in [0.717, 1.165) is 32.1 Å². The Morgan fingerprint density at radius 2 is 1.89 bits per heavy atom. The zero-order valence-electron chi connectivity index (χ0n) is 12.7. The number of hydrogen-bond donors (Lipinski definition) is 1. The van der Waals surface area contributed by atoms with E-state index in [1.165, 1.54) is 19.3 Å². The summed E-state index contributed by atoms with van der Waals surface area (Å²) in [6.07, 6.45) is 3.82. The molecule has 1 aliphatic heterocycles. The molecule has 1 heterocycles. The van der Waals surface area contributed by atoms with Crippen LogP contribution in [-0.2, 0) is 4.79 Å². The first kappa shape index (κ1) is 14.8. The van der Waals surface area contributed by atoms with Gasteiger partial charge in [-0.15, -0.1) is 0 Å². The highest BCUT2D eigenvalue weighted by atomic mass is 16.2. The lowest BCUT2D eigenvalue weighted by molar-refractivity contribution is -0.131. The summed E-state index contributed by atoms with van der Waals surface area (Å²) in [4.78, 5) is 16.4. The number of rotatable bonds is 4. The molecule has 1 N–H and O–H groups in total. The van der Waals surface area contributed by atoms with Crippen LogP contribution >= 0.6 is 0 Å². The van der Waals surface area contributed by atoms with Crippen LogP contribution < -0.4 is 5.32 Å². The van der Waals surface area contributed by atoms with Crippen molar-refractivity contribution in [2.75, 3.05) is 39.8 Å². The molecule has 0 radical (unpaired) electrons. The van der Waals surface area contributed by atoms with Crippen LogP contribution in [0.25, 0.3) is 0 Å². The molecule has 0 aromatic carbocycles. The second-order valence-electron chi connectivity index (χ2n) is 6.28. The van der Waals surface area contributed by atoms with Crippen LogP contribution in [0.1, 0.15) is 33.1 Å². The molecule has 19 heavy (non-hydrogen) atoms. The zero-order valence-corrected chi connectivity index (χ0v) is 12.7. The summed E-state index contributed by atoms with van der Waals surface area (Å²) in [5.41, 5.74) is 0. The number of nitrogens with zero attached hydrogens (tertiary/aromatic N) is 2. The van der Waals surface area contributed by atoms with Gasteiger partial charge < -0.3 is 15.1 Å². The van der Waals surface area contributed by atoms with E-state index in [2.05, 4.69) is 31.1 Å². The molecule has 110 valence electrons. The van der Waals surface area contributed by atoms with Crippen LogP contribution in [0, 0.1) is 11.8 Å². The highest BCUT2D eigenvalue weighted by Crippen LogP contribution is 2.33. The molecule has 4 heteroatoms. The minimum Gasteiger partial charge on any atom is -0.339 e. The Labute approximate surface area is 117 Å². The molecule has 2 rings (SSSR count). The molecular weight excluding hydrogens is 238 g/mol. The lowest BCUT2D eigenvalue weighted by atomic mass is 9.93. The van der Waals surface area contributed by atoms with Gasteiger partial charge in [-0.1, -0.05) is 20.3 Å². The number of carbonyl (C=O) groups is 1. The third-order valence-electron chi connectivity index (χ3n) is 5.12. The molecule has 3 atom stereocenters. The van der Waals surface area contributed by atoms with Crippen molar-refractivity contribution in [1.82, 2.24) is 15.1 Å². The molecular formula is C15H29N3O. The molecule has 0 bridgehead atoms. The molecule has 1 saturated heterocycles. The van der Waals surface area contributed by atoms with Crippen LogP contribution in [-0.4, -0.2) is 61.5 Å². The largest absolute Gasteiger partial charge is 0.339 e. The van der Waals surface area contributed by atoms with Gasteiger partial charge in [-0.2, -0.15) is 0 Å². The van der Waals surface area contributed by atoms with Gasteiger partial charge >= 0.3 is 0 Å². The maximum Gasteiger partial charge on any atom is 0.236 e. The lowest BCUT2D eigenvalue weighted by Crippen LogP contribution is -2.50. The summed E-state index contributed by atoms with van der Waals surface area (Å²) >= 11 is 0. The predicted molar refractivity (Wildman–Crippen MR) is 78.0 cm³/mol. The molecule has 0 aromatic heterocycles. The van der Waals surface area contributed by atoms with E-state index in [-0.39, 0.29) is 5.91 Å². The van der Waals surface area contributed by atoms with Gasteiger partial charge in [-0.05, 0) is 31.7 Å². The fourth-order valence-electron chi connectivity index (χ4n) is 3.50. The van der Waals surface area contributed by atoms with Gasteiger partial charge in [0.25, 0.3) is 0 Å². The minimum atomic E-state index is 0.278. The summed E-state index contributed by atoms with van der Waals surface area (Å²) in [5.74, 6) is 1.83. The second-order valence-corrected chi connectivity index (χ2v) is 6.28. The zero-order chi connectivity index (χ0) is 13.8. The summed E-state index contributed by atoms with van der Waals surface area (Å²) in [5, 5.41) is 3.50. The van der Waals surface area contributed by atoms with Gasteiger partial charge in [0, 0.05) is 32.2 Å². The van der Waals surface area contributed by atoms with Crippen LogP contribution in [0.5, 0.6) is 0 Å². The van der Waals surface area contributed by atoms with Crippen molar-refractivity contribution in [3.63, 3.8) is 0 Å². The van der Waals surface area contributed by atoms with Crippen molar-refractivity contribution in [1.29, 1.82) is 0 Å². The number of carbonyl (C=O) groups excluding carboxylic acids is 1. The third kappa shape index (κ3) is 3.69. The molecule has 1 saturated carbocycles. The van der Waals surface area contributed by atoms with Gasteiger partial charge in [-0.25, -0.2) is 0 Å². The normalized spacial score (nSPS) is 32.8. The molecule has 3 unspecified atom stereocenters. The van der Waals surface area contributed by atoms with Crippen molar-refractivity contribution in [2.45, 2.75) is 39.2 Å². The van der Waals surface area contributed by atoms with Crippen LogP contribution in [0.3, 0.4) is 0 Å². The number of likely N-dealkylation sites (N-methyl/N-ethyl adjacent to an activating group) is 1. The topological polar surface area (TPSA) is 35.6 Å². The second kappa shape index (κ2) is 6.71. The number of amides is 1. The number of piperazine rings is 1. The predicted octanol–water partition coefficient (Wildman–Crippen LogP) is 1.17. The van der Waals surface area contributed by atoms with Crippen molar-refractivity contribution in [3.8, 4) is 0 Å². The van der Waals surface area contributed by atoms with Crippen molar-refractivity contribution < 1.29 is 4.79 Å². The Bertz CT molecular complexity index is 300. The minimum absolute atomic E-state index is 0.278. The SMILES string of the molecule is CCC1CCC(NCC(=O)N2CCN(C)CC2)C1C. The van der Waals surface area contributed by atoms with E-state index < -0.39 is 0 Å². The maximum atomic E-state index is 12.2. The first-order chi connectivity index (χ1) is 9.11. The smallest absolute Gasteiger partial charge is 0.236 e. The Morgan fingerprint density at radius 1 is 1.21 bits per heavy atom. The van der Waals surface area contributed by atoms with Crippen molar-refractivity contribution in [3.05, 3.63) is 0 Å². The van der Waals surface area contributed by atoms with Crippen molar-refractivity contribution in [2.24, 2.45) is 11.8 Å². The fraction of sp³-hybridized carbons (Fsp3) is 0.933. The summed E-state index contributed by atoms with van der Waals surface area (Å²) < 4.78 is 0. The Kier molecular flexibility index (Phi) is 5.22. The quantitative estimate of drug-likeness (QED) is 0.831. The molecule has 1 aliphatic carbocycles. The van der Waals surface area contributed by atoms with E-state index in [9.17, 15) is 4.79 Å². The monoisotopic (exact) mass is 267 g/mol. The van der Waals surface area contributed by atoms with Gasteiger partial charge in [0.05, 0.1) is 6.54 Å². The van der Waals surface area contributed by atoms with Crippen molar-refractivity contribution >= 4 is 5.91 Å². The van der Waals surface area contributed by atoms with Crippen LogP contribution in [0.2, 0.25) is 0 Å². The fourth-order valence-corrected chi connectivity index (χ4v) is 3.50. The Morgan fingerprint density at radius 3 is 2.47 bits per heavy atom. The van der Waals surface area contributed by atoms with E-state index in [4.69, 9.17) is 0 Å². The first-order valence-corrected chi connectivity index (χ1v) is 7.81. The molecule has 2 fully saturated rings. The first-order valence-electron chi connectivity index (χ1n) is 7.81. The van der Waals surface area contributed by atoms with Gasteiger partial charge in [0.2, 0.25) is 5.91 Å². The van der Waals surface area contributed by atoms with Crippen LogP contribution in [0.4, 0.5) is 0 Å². The highest BCUT2D eigenvalue weighted by Gasteiger charge is 2.31. The van der Waals surface area contributed by atoms with E-state index in [1.807, 2.05) is 4.90 Å². The van der Waals surface area contributed by atoms with Gasteiger partial charge in [0.15, 0.2) is 0 Å². The van der Waals surface area contributed by atoms with E-state index in [0.29, 0.717) is 18.5 Å². The maximum absolute atomic E-state index is 12.2. The molecule has 0 aromatic rings. The standard InChI is InChI=1S/C15H29N3O/c1-4-13-5-6-14(12(13)2)16-11-15(19)18-9-7-17(3)8-10-18/h12-14,16H,4-11H2,1-3H3. The number of nitrogens with one attached hydrogen (secondary N) is 1. The summed E-state index contributed by atoms with van der Waals surface area (Å²) in [6, 6.07) is 0.543. The molecule has 0 spiro atoms. The molecule has 4 nitrogen and oxygen atoms in total. The highest BCUT2D eigenvalue weighted by molar-refractivity contribution is 5.78. The Balaban J connectivity index is 1.72. The average Bonchev–Trinajstić information content (AvgIpc) is 2.77. The van der Waals surface area contributed by atoms with Gasteiger partial charge in [-0.3, -0.25) is 4.79 Å². The molecule has 2 aliphatic rings. The summed E-state index contributed by atoms with van der Waals surface area (Å²) in [7, 11) is 2.12. The van der Waals surface area contributed by atoms with E-state index >= 15 is 0 Å². The summed E-state index contributed by atoms with van der Waals surface area (Å²) in [6.45, 7) is 8.91. The Hall–Kier alpha value is -0.610. The van der Waals surface area contributed by atoms with E-state index in [1.54, 1.807) is 0 Å². The molecule has 1 amide bonds. The van der Waals surface area contributed by atoms with Gasteiger partial charge in [0.1, 0.15) is 0 Å². The third-order valence-corrected chi connectivity index (χ3v) is 5.12. The van der Waals surface area contributed by atoms with Crippen LogP contribution in [0.15, 0.2) is 0 Å². The lowest BCUT2D eigenvalue weighted by Gasteiger charge is -2.33. The number of hydrogen-bond acceptors (Lipinski definition) is 3.